The van der Waals surface area contributed by atoms with Crippen molar-refractivity contribution < 1.29 is 5.11 Å². The molecule has 84 valence electrons. The molecule has 0 bridgehead atoms. The first-order valence-electron chi connectivity index (χ1n) is 5.61. The first-order valence-corrected chi connectivity index (χ1v) is 5.61. The topological polar surface area (TPSA) is 46.2 Å². The van der Waals surface area contributed by atoms with E-state index in [2.05, 4.69) is 39.0 Å². The summed E-state index contributed by atoms with van der Waals surface area (Å²) in [6.45, 7) is 6.69. The second-order valence-electron chi connectivity index (χ2n) is 4.22. The molecule has 0 heterocycles. The molecule has 0 fully saturated rings. The van der Waals surface area contributed by atoms with E-state index in [1.807, 2.05) is 0 Å². The highest BCUT2D eigenvalue weighted by atomic mass is 16.3. The Hall–Kier alpha value is -0.860. The minimum atomic E-state index is -0.529. The van der Waals surface area contributed by atoms with Crippen LogP contribution in [0.3, 0.4) is 0 Å². The lowest BCUT2D eigenvalue weighted by Gasteiger charge is -2.16. The highest BCUT2D eigenvalue weighted by Crippen LogP contribution is 2.23. The molecule has 0 aromatic heterocycles. The Kier molecular flexibility index (Phi) is 4.30. The maximum Gasteiger partial charge on any atom is 0.0914 e. The van der Waals surface area contributed by atoms with E-state index in [4.69, 9.17) is 5.73 Å². The molecule has 1 aromatic rings. The third kappa shape index (κ3) is 2.80. The molecule has 2 nitrogen and oxygen atoms in total. The minimum absolute atomic E-state index is 0.286. The Morgan fingerprint density at radius 1 is 1.33 bits per heavy atom. The number of hydrogen-bond acceptors (Lipinski definition) is 2. The van der Waals surface area contributed by atoms with Crippen LogP contribution in [-0.2, 0) is 6.42 Å². The predicted octanol–water partition coefficient (Wildman–Crippen LogP) is 2.36. The maximum atomic E-state index is 9.82. The van der Waals surface area contributed by atoms with Crippen molar-refractivity contribution in [2.45, 2.75) is 39.2 Å². The van der Waals surface area contributed by atoms with Gasteiger partial charge in [-0.2, -0.15) is 0 Å². The minimum Gasteiger partial charge on any atom is -0.387 e. The molecule has 1 rings (SSSR count). The lowest BCUT2D eigenvalue weighted by molar-refractivity contribution is 0.185. The molecule has 1 aromatic carbocycles. The number of aliphatic hydroxyl groups is 1. The van der Waals surface area contributed by atoms with Gasteiger partial charge < -0.3 is 10.8 Å². The van der Waals surface area contributed by atoms with Crippen LogP contribution in [0.5, 0.6) is 0 Å². The number of rotatable bonds is 4. The molecule has 0 aliphatic carbocycles. The lowest BCUT2D eigenvalue weighted by Crippen LogP contribution is -2.13. The highest BCUT2D eigenvalue weighted by Gasteiger charge is 2.11. The smallest absolute Gasteiger partial charge is 0.0914 e. The Morgan fingerprint density at radius 2 is 2.00 bits per heavy atom. The van der Waals surface area contributed by atoms with Crippen molar-refractivity contribution >= 4 is 0 Å². The van der Waals surface area contributed by atoms with Crippen molar-refractivity contribution in [2.24, 2.45) is 5.73 Å². The van der Waals surface area contributed by atoms with Gasteiger partial charge in [0.05, 0.1) is 6.10 Å². The zero-order valence-electron chi connectivity index (χ0n) is 9.83. The summed E-state index contributed by atoms with van der Waals surface area (Å²) in [7, 11) is 0. The number of nitrogens with two attached hydrogens (primary N) is 1. The Balaban J connectivity index is 3.13. The number of aliphatic hydroxyl groups excluding tert-OH is 1. The van der Waals surface area contributed by atoms with Crippen LogP contribution in [0.2, 0.25) is 0 Å². The third-order valence-corrected chi connectivity index (χ3v) is 2.80. The van der Waals surface area contributed by atoms with Gasteiger partial charge in [-0.25, -0.2) is 0 Å². The van der Waals surface area contributed by atoms with Crippen LogP contribution < -0.4 is 5.73 Å². The van der Waals surface area contributed by atoms with E-state index in [0.717, 1.165) is 12.0 Å². The molecule has 0 aliphatic heterocycles. The first-order chi connectivity index (χ1) is 7.10. The molecule has 0 aliphatic rings. The van der Waals surface area contributed by atoms with Gasteiger partial charge in [0.1, 0.15) is 0 Å². The van der Waals surface area contributed by atoms with E-state index in [0.29, 0.717) is 5.92 Å². The monoisotopic (exact) mass is 207 g/mol. The predicted molar refractivity (Wildman–Crippen MR) is 63.9 cm³/mol. The van der Waals surface area contributed by atoms with Crippen molar-refractivity contribution in [3.8, 4) is 0 Å². The molecule has 15 heavy (non-hydrogen) atoms. The molecular weight excluding hydrogens is 186 g/mol. The summed E-state index contributed by atoms with van der Waals surface area (Å²) >= 11 is 0. The molecule has 1 unspecified atom stereocenters. The summed E-state index contributed by atoms with van der Waals surface area (Å²) in [5.41, 5.74) is 8.95. The van der Waals surface area contributed by atoms with Gasteiger partial charge in [0.2, 0.25) is 0 Å². The highest BCUT2D eigenvalue weighted by molar-refractivity contribution is 5.35. The maximum absolute atomic E-state index is 9.82. The van der Waals surface area contributed by atoms with Gasteiger partial charge in [-0.1, -0.05) is 39.0 Å². The van der Waals surface area contributed by atoms with Gasteiger partial charge in [0.25, 0.3) is 0 Å². The van der Waals surface area contributed by atoms with Gasteiger partial charge >= 0.3 is 0 Å². The average molecular weight is 207 g/mol. The SMILES string of the molecule is CCc1ccc(C(C)C)cc1C(O)CN. The van der Waals surface area contributed by atoms with Gasteiger partial charge in [0, 0.05) is 6.54 Å². The van der Waals surface area contributed by atoms with Crippen LogP contribution in [0.25, 0.3) is 0 Å². The number of aryl methyl sites for hydroxylation is 1. The van der Waals surface area contributed by atoms with E-state index >= 15 is 0 Å². The van der Waals surface area contributed by atoms with Crippen molar-refractivity contribution in [3.63, 3.8) is 0 Å². The second-order valence-corrected chi connectivity index (χ2v) is 4.22. The molecule has 2 heteroatoms. The molecule has 0 saturated carbocycles. The number of benzene rings is 1. The Morgan fingerprint density at radius 3 is 2.47 bits per heavy atom. The second kappa shape index (κ2) is 5.29. The molecule has 0 radical (unpaired) electrons. The van der Waals surface area contributed by atoms with E-state index in [-0.39, 0.29) is 6.54 Å². The van der Waals surface area contributed by atoms with Crippen molar-refractivity contribution in [1.82, 2.24) is 0 Å². The van der Waals surface area contributed by atoms with Crippen LogP contribution >= 0.6 is 0 Å². The fourth-order valence-corrected chi connectivity index (χ4v) is 1.73. The first kappa shape index (κ1) is 12.2. The van der Waals surface area contributed by atoms with Gasteiger partial charge in [-0.05, 0) is 29.0 Å². The van der Waals surface area contributed by atoms with Crippen LogP contribution in [0, 0.1) is 0 Å². The zero-order chi connectivity index (χ0) is 11.4. The van der Waals surface area contributed by atoms with Crippen LogP contribution in [0.15, 0.2) is 18.2 Å². The fourth-order valence-electron chi connectivity index (χ4n) is 1.73. The average Bonchev–Trinajstić information content (AvgIpc) is 2.27. The van der Waals surface area contributed by atoms with Gasteiger partial charge in [-0.15, -0.1) is 0 Å². The van der Waals surface area contributed by atoms with Crippen LogP contribution in [0.4, 0.5) is 0 Å². The quantitative estimate of drug-likeness (QED) is 0.796. The fraction of sp³-hybridized carbons (Fsp3) is 0.538. The van der Waals surface area contributed by atoms with E-state index in [9.17, 15) is 5.11 Å². The summed E-state index contributed by atoms with van der Waals surface area (Å²) in [5.74, 6) is 0.486. The third-order valence-electron chi connectivity index (χ3n) is 2.80. The lowest BCUT2D eigenvalue weighted by atomic mass is 9.93. The largest absolute Gasteiger partial charge is 0.387 e. The molecule has 0 spiro atoms. The van der Waals surface area contributed by atoms with Crippen LogP contribution in [-0.4, -0.2) is 11.7 Å². The van der Waals surface area contributed by atoms with Crippen molar-refractivity contribution in [3.05, 3.63) is 34.9 Å². The standard InChI is InChI=1S/C13H21NO/c1-4-10-5-6-11(9(2)3)7-12(10)13(15)8-14/h5-7,9,13,15H,4,8,14H2,1-3H3. The molecule has 0 saturated heterocycles. The zero-order valence-corrected chi connectivity index (χ0v) is 9.83. The Labute approximate surface area is 92.1 Å². The van der Waals surface area contributed by atoms with E-state index in [1.165, 1.54) is 11.1 Å². The van der Waals surface area contributed by atoms with Crippen LogP contribution in [0.1, 0.15) is 49.5 Å². The van der Waals surface area contributed by atoms with Gasteiger partial charge in [-0.3, -0.25) is 0 Å². The summed E-state index contributed by atoms with van der Waals surface area (Å²) in [6.07, 6.45) is 0.406. The number of hydrogen-bond donors (Lipinski definition) is 2. The molecule has 0 amide bonds. The normalized spacial score (nSPS) is 13.2. The van der Waals surface area contributed by atoms with Gasteiger partial charge in [0.15, 0.2) is 0 Å². The Bertz CT molecular complexity index is 320. The van der Waals surface area contributed by atoms with E-state index < -0.39 is 6.10 Å². The summed E-state index contributed by atoms with van der Waals surface area (Å²) in [5, 5.41) is 9.82. The molecule has 3 N–H and O–H groups in total. The summed E-state index contributed by atoms with van der Waals surface area (Å²) < 4.78 is 0. The summed E-state index contributed by atoms with van der Waals surface area (Å²) in [6, 6.07) is 6.32. The summed E-state index contributed by atoms with van der Waals surface area (Å²) in [4.78, 5) is 0. The van der Waals surface area contributed by atoms with E-state index in [1.54, 1.807) is 0 Å². The van der Waals surface area contributed by atoms with Crippen molar-refractivity contribution in [1.29, 1.82) is 0 Å². The van der Waals surface area contributed by atoms with Crippen molar-refractivity contribution in [2.75, 3.05) is 6.54 Å². The molecule has 1 atom stereocenters. The molecular formula is C13H21NO.